The number of carbonyl (C=O) groups excluding carboxylic acids is 1. The van der Waals surface area contributed by atoms with Gasteiger partial charge in [0.25, 0.3) is 0 Å². The smallest absolute Gasteiger partial charge is 0.161 e. The van der Waals surface area contributed by atoms with Crippen molar-refractivity contribution in [3.63, 3.8) is 0 Å². The molecule has 154 valence electrons. The van der Waals surface area contributed by atoms with E-state index in [0.717, 1.165) is 41.1 Å². The van der Waals surface area contributed by atoms with Crippen LogP contribution >= 0.6 is 11.6 Å². The predicted octanol–water partition coefficient (Wildman–Crippen LogP) is 4.58. The number of rotatable bonds is 8. The standard InChI is InChI=1S/C23H26ClNO4/c1-15-11-18(6-7-20(15)24)29-10-4-5-17(26)13-21-19-14-23(28-3)22(27-2)12-16(19)8-9-25-21/h6-7,11-14,25H,4-5,8-10H2,1-3H3. The topological polar surface area (TPSA) is 56.8 Å². The molecule has 0 saturated heterocycles. The van der Waals surface area contributed by atoms with Crippen molar-refractivity contribution < 1.29 is 19.0 Å². The minimum absolute atomic E-state index is 0.0611. The molecule has 0 aliphatic carbocycles. The maximum absolute atomic E-state index is 12.5. The van der Waals surface area contributed by atoms with E-state index in [-0.39, 0.29) is 5.78 Å². The average molecular weight is 416 g/mol. The first kappa shape index (κ1) is 21.1. The van der Waals surface area contributed by atoms with Crippen LogP contribution in [0.4, 0.5) is 0 Å². The lowest BCUT2D eigenvalue weighted by Crippen LogP contribution is -2.23. The van der Waals surface area contributed by atoms with Gasteiger partial charge in [-0.25, -0.2) is 0 Å². The van der Waals surface area contributed by atoms with Gasteiger partial charge >= 0.3 is 0 Å². The number of halogens is 1. The van der Waals surface area contributed by atoms with Gasteiger partial charge in [-0.05, 0) is 61.2 Å². The van der Waals surface area contributed by atoms with Crippen LogP contribution < -0.4 is 19.5 Å². The predicted molar refractivity (Wildman–Crippen MR) is 115 cm³/mol. The molecule has 0 radical (unpaired) electrons. The molecule has 0 fully saturated rings. The Balaban J connectivity index is 1.60. The van der Waals surface area contributed by atoms with E-state index in [1.807, 2.05) is 37.3 Å². The number of allylic oxidation sites excluding steroid dienone is 1. The van der Waals surface area contributed by atoms with Crippen molar-refractivity contribution in [2.75, 3.05) is 27.4 Å². The van der Waals surface area contributed by atoms with Crippen LogP contribution in [-0.4, -0.2) is 33.2 Å². The number of benzene rings is 2. The fourth-order valence-electron chi connectivity index (χ4n) is 3.31. The van der Waals surface area contributed by atoms with Crippen molar-refractivity contribution in [2.24, 2.45) is 0 Å². The Morgan fingerprint density at radius 1 is 1.17 bits per heavy atom. The van der Waals surface area contributed by atoms with Crippen molar-refractivity contribution in [3.05, 3.63) is 58.1 Å². The third-order valence-electron chi connectivity index (χ3n) is 4.88. The van der Waals surface area contributed by atoms with Crippen molar-refractivity contribution >= 4 is 23.1 Å². The molecule has 1 aliphatic heterocycles. The second kappa shape index (κ2) is 9.70. The van der Waals surface area contributed by atoms with Gasteiger partial charge in [0.1, 0.15) is 5.75 Å². The van der Waals surface area contributed by atoms with Crippen LogP contribution in [0.25, 0.3) is 5.70 Å². The molecular formula is C23H26ClNO4. The molecule has 3 rings (SSSR count). The van der Waals surface area contributed by atoms with E-state index in [1.54, 1.807) is 20.3 Å². The molecular weight excluding hydrogens is 390 g/mol. The van der Waals surface area contributed by atoms with Crippen LogP contribution in [0.3, 0.4) is 0 Å². The molecule has 29 heavy (non-hydrogen) atoms. The molecule has 0 spiro atoms. The van der Waals surface area contributed by atoms with E-state index >= 15 is 0 Å². The highest BCUT2D eigenvalue weighted by Gasteiger charge is 2.18. The lowest BCUT2D eigenvalue weighted by molar-refractivity contribution is -0.114. The molecule has 1 heterocycles. The molecule has 0 atom stereocenters. The van der Waals surface area contributed by atoms with Crippen LogP contribution in [0.2, 0.25) is 5.02 Å². The molecule has 5 nitrogen and oxygen atoms in total. The summed E-state index contributed by atoms with van der Waals surface area (Å²) in [5, 5.41) is 4.04. The van der Waals surface area contributed by atoms with E-state index in [0.29, 0.717) is 36.0 Å². The number of fused-ring (bicyclic) bond motifs is 1. The molecule has 1 N–H and O–H groups in total. The van der Waals surface area contributed by atoms with Gasteiger partial charge < -0.3 is 19.5 Å². The van der Waals surface area contributed by atoms with Crippen LogP contribution in [-0.2, 0) is 11.2 Å². The molecule has 6 heteroatoms. The first-order valence-corrected chi connectivity index (χ1v) is 10.0. The number of ether oxygens (including phenoxy) is 3. The third kappa shape index (κ3) is 5.24. The van der Waals surface area contributed by atoms with E-state index in [1.165, 1.54) is 0 Å². The lowest BCUT2D eigenvalue weighted by atomic mass is 9.96. The van der Waals surface area contributed by atoms with Crippen LogP contribution in [0.5, 0.6) is 17.2 Å². The first-order chi connectivity index (χ1) is 14.0. The van der Waals surface area contributed by atoms with Crippen molar-refractivity contribution in [1.82, 2.24) is 5.32 Å². The summed E-state index contributed by atoms with van der Waals surface area (Å²) < 4.78 is 16.5. The van der Waals surface area contributed by atoms with E-state index in [4.69, 9.17) is 25.8 Å². The highest BCUT2D eigenvalue weighted by Crippen LogP contribution is 2.34. The van der Waals surface area contributed by atoms with Crippen LogP contribution in [0.15, 0.2) is 36.4 Å². The van der Waals surface area contributed by atoms with Gasteiger partial charge in [-0.3, -0.25) is 4.79 Å². The highest BCUT2D eigenvalue weighted by atomic mass is 35.5. The number of aryl methyl sites for hydroxylation is 1. The maximum Gasteiger partial charge on any atom is 0.161 e. The Morgan fingerprint density at radius 2 is 1.93 bits per heavy atom. The first-order valence-electron chi connectivity index (χ1n) is 9.64. The molecule has 0 bridgehead atoms. The van der Waals surface area contributed by atoms with Crippen LogP contribution in [0.1, 0.15) is 29.5 Å². The summed E-state index contributed by atoms with van der Waals surface area (Å²) in [4.78, 5) is 12.5. The number of hydrogen-bond donors (Lipinski definition) is 1. The Bertz CT molecular complexity index is 923. The summed E-state index contributed by atoms with van der Waals surface area (Å²) in [5.74, 6) is 2.18. The number of carbonyl (C=O) groups is 1. The Morgan fingerprint density at radius 3 is 2.66 bits per heavy atom. The van der Waals surface area contributed by atoms with Gasteiger partial charge in [-0.2, -0.15) is 0 Å². The number of hydrogen-bond acceptors (Lipinski definition) is 5. The SMILES string of the molecule is COc1cc2c(cc1OC)C(=CC(=O)CCCOc1ccc(Cl)c(C)c1)NCC2. The third-order valence-corrected chi connectivity index (χ3v) is 5.30. The summed E-state index contributed by atoms with van der Waals surface area (Å²) in [6, 6.07) is 9.46. The Hall–Kier alpha value is -2.66. The molecule has 0 amide bonds. The van der Waals surface area contributed by atoms with E-state index in [9.17, 15) is 4.79 Å². The molecule has 0 unspecified atom stereocenters. The Labute approximate surface area is 176 Å². The summed E-state index contributed by atoms with van der Waals surface area (Å²) in [5.41, 5.74) is 3.92. The summed E-state index contributed by atoms with van der Waals surface area (Å²) in [6.45, 7) is 3.19. The van der Waals surface area contributed by atoms with Crippen LogP contribution in [0, 0.1) is 6.92 Å². The average Bonchev–Trinajstić information content (AvgIpc) is 2.73. The normalized spacial score (nSPS) is 14.1. The largest absolute Gasteiger partial charge is 0.494 e. The second-order valence-corrected chi connectivity index (χ2v) is 7.34. The summed E-state index contributed by atoms with van der Waals surface area (Å²) in [6.07, 6.45) is 3.61. The summed E-state index contributed by atoms with van der Waals surface area (Å²) in [7, 11) is 3.23. The summed E-state index contributed by atoms with van der Waals surface area (Å²) >= 11 is 6.02. The maximum atomic E-state index is 12.5. The molecule has 2 aromatic rings. The molecule has 1 aliphatic rings. The van der Waals surface area contributed by atoms with Crippen molar-refractivity contribution in [1.29, 1.82) is 0 Å². The molecule has 0 saturated carbocycles. The van der Waals surface area contributed by atoms with Crippen molar-refractivity contribution in [2.45, 2.75) is 26.2 Å². The Kier molecular flexibility index (Phi) is 7.04. The van der Waals surface area contributed by atoms with Gasteiger partial charge in [-0.15, -0.1) is 0 Å². The zero-order valence-electron chi connectivity index (χ0n) is 17.0. The highest BCUT2D eigenvalue weighted by molar-refractivity contribution is 6.31. The lowest BCUT2D eigenvalue weighted by Gasteiger charge is -2.23. The minimum Gasteiger partial charge on any atom is -0.494 e. The number of methoxy groups -OCH3 is 2. The zero-order chi connectivity index (χ0) is 20.8. The second-order valence-electron chi connectivity index (χ2n) is 6.93. The fourth-order valence-corrected chi connectivity index (χ4v) is 3.43. The number of nitrogens with one attached hydrogen (secondary N) is 1. The molecule has 2 aromatic carbocycles. The van der Waals surface area contributed by atoms with E-state index < -0.39 is 0 Å². The zero-order valence-corrected chi connectivity index (χ0v) is 17.8. The van der Waals surface area contributed by atoms with Gasteiger partial charge in [0.05, 0.1) is 20.8 Å². The number of ketones is 1. The minimum atomic E-state index is 0.0611. The van der Waals surface area contributed by atoms with E-state index in [2.05, 4.69) is 5.32 Å². The fraction of sp³-hybridized carbons (Fsp3) is 0.348. The van der Waals surface area contributed by atoms with Gasteiger partial charge in [0.15, 0.2) is 17.3 Å². The monoisotopic (exact) mass is 415 g/mol. The van der Waals surface area contributed by atoms with Gasteiger partial charge in [0, 0.05) is 35.3 Å². The quantitative estimate of drug-likeness (QED) is 0.505. The van der Waals surface area contributed by atoms with Gasteiger partial charge in [-0.1, -0.05) is 11.6 Å². The van der Waals surface area contributed by atoms with Gasteiger partial charge in [0.2, 0.25) is 0 Å². The van der Waals surface area contributed by atoms with Crippen molar-refractivity contribution in [3.8, 4) is 17.2 Å². The molecule has 0 aromatic heterocycles.